The molecule has 184 valence electrons. The molecule has 2 N–H and O–H groups in total. The molecule has 1 fully saturated rings. The number of pyridine rings is 1. The van der Waals surface area contributed by atoms with Gasteiger partial charge >= 0.3 is 0 Å². The Kier molecular flexibility index (Phi) is 6.92. The number of nitrogen functional groups attached to an aromatic ring is 1. The number of ether oxygens (including phenoxy) is 1. The van der Waals surface area contributed by atoms with Crippen molar-refractivity contribution in [2.75, 3.05) is 39.0 Å². The number of nitrogens with two attached hydrogens (primary N) is 1. The topological polar surface area (TPSA) is 67.8 Å². The molecule has 1 saturated heterocycles. The van der Waals surface area contributed by atoms with Gasteiger partial charge in [-0.2, -0.15) is 0 Å². The van der Waals surface area contributed by atoms with Crippen LogP contribution in [0, 0.1) is 5.82 Å². The Balaban J connectivity index is 1.42. The molecule has 6 nitrogen and oxygen atoms in total. The number of fused-ring (bicyclic) bond motifs is 1. The summed E-state index contributed by atoms with van der Waals surface area (Å²) in [5.41, 5.74) is 7.87. The first kappa shape index (κ1) is 24.3. The van der Waals surface area contributed by atoms with Gasteiger partial charge < -0.3 is 19.8 Å². The summed E-state index contributed by atoms with van der Waals surface area (Å²) in [6, 6.07) is 6.93. The summed E-state index contributed by atoms with van der Waals surface area (Å²) in [6.07, 6.45) is 2.69. The van der Waals surface area contributed by atoms with Crippen molar-refractivity contribution in [3.63, 3.8) is 0 Å². The Hall–Kier alpha value is -2.36. The molecule has 5 rings (SSSR count). The minimum atomic E-state index is -0.689. The molecule has 1 aliphatic heterocycles. The third-order valence-corrected chi connectivity index (χ3v) is 8.10. The second-order valence-corrected chi connectivity index (χ2v) is 10.7. The number of aromatic nitrogens is 1. The van der Waals surface area contributed by atoms with Crippen LogP contribution in [0.3, 0.4) is 0 Å². The lowest BCUT2D eigenvalue weighted by atomic mass is 10.1. The summed E-state index contributed by atoms with van der Waals surface area (Å²) in [4.78, 5) is 11.5. The molecule has 3 aromatic heterocycles. The van der Waals surface area contributed by atoms with E-state index in [-0.39, 0.29) is 16.6 Å². The van der Waals surface area contributed by atoms with Gasteiger partial charge in [0.1, 0.15) is 18.2 Å². The van der Waals surface area contributed by atoms with Crippen LogP contribution < -0.4 is 10.5 Å². The highest BCUT2D eigenvalue weighted by molar-refractivity contribution is 7.15. The van der Waals surface area contributed by atoms with Crippen molar-refractivity contribution < 1.29 is 13.5 Å². The predicted octanol–water partition coefficient (Wildman–Crippen LogP) is 6.47. The Morgan fingerprint density at radius 1 is 1.20 bits per heavy atom. The van der Waals surface area contributed by atoms with Crippen molar-refractivity contribution in [3.05, 3.63) is 63.0 Å². The largest absolute Gasteiger partial charge is 0.478 e. The van der Waals surface area contributed by atoms with Gasteiger partial charge in [0.05, 0.1) is 10.4 Å². The van der Waals surface area contributed by atoms with Gasteiger partial charge in [-0.3, -0.25) is 4.90 Å². The van der Waals surface area contributed by atoms with Crippen molar-refractivity contribution in [1.29, 1.82) is 0 Å². The highest BCUT2D eigenvalue weighted by Crippen LogP contribution is 2.42. The fraction of sp³-hybridized carbons (Fsp3) is 0.320. The number of nitrogens with zero attached hydrogens (tertiary/aromatic N) is 3. The van der Waals surface area contributed by atoms with E-state index < -0.39 is 11.9 Å². The van der Waals surface area contributed by atoms with E-state index >= 15 is 0 Å². The summed E-state index contributed by atoms with van der Waals surface area (Å²) in [7, 11) is 2.16. The molecule has 1 atom stereocenters. The lowest BCUT2D eigenvalue weighted by Crippen LogP contribution is -2.43. The number of furan rings is 1. The summed E-state index contributed by atoms with van der Waals surface area (Å²) in [5.74, 6) is -0.140. The van der Waals surface area contributed by atoms with Crippen molar-refractivity contribution in [2.24, 2.45) is 0 Å². The zero-order chi connectivity index (χ0) is 24.7. The number of hydrogen-bond donors (Lipinski definition) is 1. The average Bonchev–Trinajstić information content (AvgIpc) is 3.47. The lowest BCUT2D eigenvalue weighted by Gasteiger charge is -2.31. The molecule has 0 bridgehead atoms. The van der Waals surface area contributed by atoms with Gasteiger partial charge in [0.2, 0.25) is 5.75 Å². The van der Waals surface area contributed by atoms with Gasteiger partial charge in [-0.05, 0) is 38.2 Å². The van der Waals surface area contributed by atoms with Gasteiger partial charge in [0, 0.05) is 64.8 Å². The zero-order valence-electron chi connectivity index (χ0n) is 19.4. The molecule has 0 amide bonds. The molecule has 4 aromatic rings. The highest BCUT2D eigenvalue weighted by atomic mass is 35.5. The monoisotopic (exact) mass is 534 g/mol. The van der Waals surface area contributed by atoms with Crippen molar-refractivity contribution >= 4 is 51.3 Å². The van der Waals surface area contributed by atoms with Crippen LogP contribution in [0.1, 0.15) is 23.5 Å². The molecule has 1 aliphatic rings. The molecule has 1 aromatic carbocycles. The van der Waals surface area contributed by atoms with Crippen LogP contribution in [0.5, 0.6) is 5.75 Å². The van der Waals surface area contributed by atoms with Gasteiger partial charge in [-0.1, -0.05) is 23.2 Å². The number of benzene rings is 1. The Bertz CT molecular complexity index is 1370. The second-order valence-electron chi connectivity index (χ2n) is 8.73. The van der Waals surface area contributed by atoms with E-state index in [1.807, 2.05) is 0 Å². The highest BCUT2D eigenvalue weighted by Gasteiger charge is 2.24. The molecular formula is C25H25Cl2FN4O2S. The number of thiophene rings is 1. The fourth-order valence-corrected chi connectivity index (χ4v) is 6.02. The first-order valence-electron chi connectivity index (χ1n) is 11.3. The van der Waals surface area contributed by atoms with Crippen LogP contribution in [0.15, 0.2) is 41.1 Å². The van der Waals surface area contributed by atoms with E-state index in [4.69, 9.17) is 38.1 Å². The van der Waals surface area contributed by atoms with Crippen molar-refractivity contribution in [3.8, 4) is 16.2 Å². The maximum atomic E-state index is 14.0. The van der Waals surface area contributed by atoms with Crippen molar-refractivity contribution in [2.45, 2.75) is 19.6 Å². The maximum absolute atomic E-state index is 14.0. The van der Waals surface area contributed by atoms with Crippen LogP contribution in [0.25, 0.3) is 21.4 Å². The van der Waals surface area contributed by atoms with E-state index in [0.29, 0.717) is 16.2 Å². The van der Waals surface area contributed by atoms with Gasteiger partial charge in [0.15, 0.2) is 11.4 Å². The van der Waals surface area contributed by atoms with Gasteiger partial charge in [0.25, 0.3) is 0 Å². The standard InChI is InChI=1S/C25H25Cl2FN4O2S/c1-14(21-18(26)4-5-19(28)22(21)27)34-24-23-16(11-30-25(24)29)17(13-33-23)20-6-3-15(35-20)12-32-9-7-31(2)8-10-32/h3-6,11,13-14H,7-10,12H2,1-2H3,(H2,29,30). The first-order chi connectivity index (χ1) is 16.8. The normalized spacial score (nSPS) is 16.1. The number of halogens is 3. The predicted molar refractivity (Wildman–Crippen MR) is 140 cm³/mol. The molecule has 0 aliphatic carbocycles. The molecule has 10 heteroatoms. The lowest BCUT2D eigenvalue weighted by molar-refractivity contribution is 0.149. The summed E-state index contributed by atoms with van der Waals surface area (Å²) >= 11 is 14.2. The molecule has 0 spiro atoms. The average molecular weight is 535 g/mol. The third kappa shape index (κ3) is 4.86. The Morgan fingerprint density at radius 3 is 2.74 bits per heavy atom. The number of anilines is 1. The quantitative estimate of drug-likeness (QED) is 0.286. The molecular weight excluding hydrogens is 510 g/mol. The molecule has 0 saturated carbocycles. The molecule has 35 heavy (non-hydrogen) atoms. The van der Waals surface area contributed by atoms with E-state index in [2.05, 4.69) is 34.0 Å². The third-order valence-electron chi connectivity index (χ3n) is 6.28. The van der Waals surface area contributed by atoms with E-state index in [1.165, 1.54) is 17.0 Å². The second kappa shape index (κ2) is 9.95. The minimum Gasteiger partial charge on any atom is -0.478 e. The van der Waals surface area contributed by atoms with Crippen LogP contribution in [0.4, 0.5) is 10.2 Å². The van der Waals surface area contributed by atoms with Crippen LogP contribution in [0.2, 0.25) is 10.0 Å². The van der Waals surface area contributed by atoms with E-state index in [1.54, 1.807) is 30.7 Å². The zero-order valence-corrected chi connectivity index (χ0v) is 21.7. The maximum Gasteiger partial charge on any atom is 0.205 e. The Morgan fingerprint density at radius 2 is 1.97 bits per heavy atom. The number of piperazine rings is 1. The number of rotatable bonds is 6. The molecule has 1 unspecified atom stereocenters. The SMILES string of the molecule is CC(Oc1c(N)ncc2c(-c3ccc(CN4CCN(C)CC4)s3)coc12)c1c(Cl)ccc(F)c1Cl. The van der Waals surface area contributed by atoms with Crippen molar-refractivity contribution in [1.82, 2.24) is 14.8 Å². The smallest absolute Gasteiger partial charge is 0.205 e. The summed E-state index contributed by atoms with van der Waals surface area (Å²) in [5, 5.41) is 0.996. The Labute approximate surface area is 217 Å². The first-order valence-corrected chi connectivity index (χ1v) is 12.8. The van der Waals surface area contributed by atoms with E-state index in [9.17, 15) is 4.39 Å². The van der Waals surface area contributed by atoms with Gasteiger partial charge in [-0.15, -0.1) is 11.3 Å². The number of hydrogen-bond acceptors (Lipinski definition) is 7. The van der Waals surface area contributed by atoms with Gasteiger partial charge in [-0.25, -0.2) is 9.37 Å². The van der Waals surface area contributed by atoms with E-state index in [0.717, 1.165) is 48.6 Å². The molecule has 0 radical (unpaired) electrons. The number of likely N-dealkylation sites (N-methyl/N-ethyl adjacent to an activating group) is 1. The van der Waals surface area contributed by atoms with Crippen LogP contribution in [-0.2, 0) is 6.54 Å². The fourth-order valence-electron chi connectivity index (χ4n) is 4.27. The summed E-state index contributed by atoms with van der Waals surface area (Å²) < 4.78 is 26.1. The minimum absolute atomic E-state index is 0.0877. The molecule has 4 heterocycles. The summed E-state index contributed by atoms with van der Waals surface area (Å²) in [6.45, 7) is 6.97. The van der Waals surface area contributed by atoms with Crippen LogP contribution >= 0.6 is 34.5 Å². The van der Waals surface area contributed by atoms with Crippen LogP contribution in [-0.4, -0.2) is 48.0 Å².